The van der Waals surface area contributed by atoms with Crippen LogP contribution >= 0.6 is 15.9 Å². The molecule has 0 spiro atoms. The van der Waals surface area contributed by atoms with Crippen molar-refractivity contribution in [1.29, 1.82) is 0 Å². The van der Waals surface area contributed by atoms with E-state index in [1.165, 1.54) is 5.56 Å². The molecule has 0 atom stereocenters. The number of hydrogen-bond donors (Lipinski definition) is 3. The number of pyridine rings is 1. The number of ether oxygens (including phenoxy) is 1. The molecule has 0 unspecified atom stereocenters. The molecule has 8 heteroatoms. The monoisotopic (exact) mass is 491 g/mol. The van der Waals surface area contributed by atoms with Gasteiger partial charge < -0.3 is 25.3 Å². The van der Waals surface area contributed by atoms with Crippen molar-refractivity contribution in [2.45, 2.75) is 13.0 Å². The number of urea groups is 1. The number of halogens is 1. The summed E-state index contributed by atoms with van der Waals surface area (Å²) in [7, 11) is 1.58. The molecule has 3 N–H and O–H groups in total. The largest absolute Gasteiger partial charge is 0.495 e. The van der Waals surface area contributed by atoms with Crippen LogP contribution in [-0.2, 0) is 13.0 Å². The number of benzene rings is 2. The first-order valence-corrected chi connectivity index (χ1v) is 11.1. The summed E-state index contributed by atoms with van der Waals surface area (Å²) in [6.07, 6.45) is 4.68. The predicted octanol–water partition coefficient (Wildman–Crippen LogP) is 5.54. The van der Waals surface area contributed by atoms with Crippen molar-refractivity contribution in [3.8, 4) is 5.75 Å². The van der Waals surface area contributed by atoms with Crippen LogP contribution in [0.2, 0.25) is 0 Å². The van der Waals surface area contributed by atoms with E-state index in [4.69, 9.17) is 4.74 Å². The molecule has 5 rings (SSSR count). The van der Waals surface area contributed by atoms with Crippen LogP contribution in [0.5, 0.6) is 5.75 Å². The fourth-order valence-electron chi connectivity index (χ4n) is 4.19. The van der Waals surface area contributed by atoms with Gasteiger partial charge in [0.15, 0.2) is 0 Å². The van der Waals surface area contributed by atoms with Crippen molar-refractivity contribution in [1.82, 2.24) is 9.97 Å². The Bertz CT molecular complexity index is 1300. The van der Waals surface area contributed by atoms with Crippen molar-refractivity contribution in [2.24, 2.45) is 0 Å². The fraction of sp³-hybridized carbons (Fsp3) is 0.167. The van der Waals surface area contributed by atoms with E-state index in [0.717, 1.165) is 52.0 Å². The highest BCUT2D eigenvalue weighted by Crippen LogP contribution is 2.35. The second kappa shape index (κ2) is 8.55. The number of nitrogens with zero attached hydrogens (tertiary/aromatic N) is 2. The van der Waals surface area contributed by atoms with Crippen molar-refractivity contribution in [2.75, 3.05) is 29.2 Å². The predicted molar refractivity (Wildman–Crippen MR) is 131 cm³/mol. The van der Waals surface area contributed by atoms with Crippen molar-refractivity contribution < 1.29 is 9.53 Å². The van der Waals surface area contributed by atoms with E-state index in [-0.39, 0.29) is 6.03 Å². The second-order valence-corrected chi connectivity index (χ2v) is 8.53. The molecule has 4 aromatic rings. The minimum Gasteiger partial charge on any atom is -0.495 e. The third kappa shape index (κ3) is 3.89. The van der Waals surface area contributed by atoms with E-state index in [1.54, 1.807) is 19.4 Å². The van der Waals surface area contributed by atoms with Gasteiger partial charge in [0, 0.05) is 52.3 Å². The van der Waals surface area contributed by atoms with E-state index < -0.39 is 0 Å². The fourth-order valence-corrected chi connectivity index (χ4v) is 4.55. The molecular formula is C24H22BrN5O2. The average Bonchev–Trinajstić information content (AvgIpc) is 3.39. The first-order chi connectivity index (χ1) is 15.6. The first-order valence-electron chi connectivity index (χ1n) is 10.3. The Morgan fingerprint density at radius 1 is 1.19 bits per heavy atom. The quantitative estimate of drug-likeness (QED) is 0.342. The van der Waals surface area contributed by atoms with Gasteiger partial charge in [0.25, 0.3) is 0 Å². The van der Waals surface area contributed by atoms with Crippen LogP contribution in [-0.4, -0.2) is 29.7 Å². The lowest BCUT2D eigenvalue weighted by Gasteiger charge is -2.20. The Morgan fingerprint density at radius 2 is 2.06 bits per heavy atom. The Labute approximate surface area is 193 Å². The molecule has 7 nitrogen and oxygen atoms in total. The number of amides is 2. The first kappa shape index (κ1) is 20.4. The van der Waals surface area contributed by atoms with Crippen LogP contribution in [0.1, 0.15) is 11.1 Å². The van der Waals surface area contributed by atoms with Gasteiger partial charge in [0.1, 0.15) is 11.4 Å². The van der Waals surface area contributed by atoms with Crippen LogP contribution < -0.4 is 20.3 Å². The lowest BCUT2D eigenvalue weighted by molar-refractivity contribution is 0.262. The highest BCUT2D eigenvalue weighted by molar-refractivity contribution is 9.10. The number of methoxy groups -OCH3 is 1. The van der Waals surface area contributed by atoms with Gasteiger partial charge >= 0.3 is 6.03 Å². The second-order valence-electron chi connectivity index (χ2n) is 7.61. The summed E-state index contributed by atoms with van der Waals surface area (Å²) in [5.74, 6) is 0.598. The molecule has 0 radical (unpaired) electrons. The zero-order valence-corrected chi connectivity index (χ0v) is 19.1. The van der Waals surface area contributed by atoms with E-state index in [0.29, 0.717) is 11.4 Å². The number of hydrogen-bond acceptors (Lipinski definition) is 4. The molecule has 32 heavy (non-hydrogen) atoms. The van der Waals surface area contributed by atoms with Gasteiger partial charge in [-0.15, -0.1) is 0 Å². The Hall–Kier alpha value is -3.52. The number of fused-ring (bicyclic) bond motifs is 2. The molecular weight excluding hydrogens is 470 g/mol. The van der Waals surface area contributed by atoms with Crippen LogP contribution in [0.4, 0.5) is 21.9 Å². The third-order valence-corrected chi connectivity index (χ3v) is 6.17. The van der Waals surface area contributed by atoms with E-state index in [2.05, 4.69) is 53.6 Å². The lowest BCUT2D eigenvalue weighted by atomic mass is 10.1. The molecule has 2 amide bonds. The number of aromatic nitrogens is 2. The number of nitrogens with one attached hydrogen (secondary N) is 3. The number of carbonyl (C=O) groups excluding carboxylic acids is 1. The highest BCUT2D eigenvalue weighted by atomic mass is 79.9. The van der Waals surface area contributed by atoms with Gasteiger partial charge in [-0.05, 0) is 54.4 Å². The molecule has 0 aliphatic carbocycles. The van der Waals surface area contributed by atoms with Crippen LogP contribution in [0.15, 0.2) is 65.4 Å². The van der Waals surface area contributed by atoms with E-state index in [1.807, 2.05) is 36.5 Å². The van der Waals surface area contributed by atoms with Crippen molar-refractivity contribution in [3.05, 3.63) is 76.5 Å². The highest BCUT2D eigenvalue weighted by Gasteiger charge is 2.23. The van der Waals surface area contributed by atoms with E-state index >= 15 is 0 Å². The standard InChI is InChI=1S/C24H22BrN5O2/c1-32-22-8-7-16(25)12-20(22)29-24(31)28-19-5-2-6-21-18(19)9-11-30(21)14-15-13-27-23-17(15)4-3-10-26-23/h2-8,10,12-13H,9,11,14H2,1H3,(H,26,27)(H2,28,29,31). The number of carbonyl (C=O) groups is 1. The minimum atomic E-state index is -0.309. The molecule has 0 fully saturated rings. The molecule has 0 bridgehead atoms. The zero-order valence-electron chi connectivity index (χ0n) is 17.5. The number of rotatable bonds is 5. The summed E-state index contributed by atoms with van der Waals surface area (Å²) >= 11 is 3.43. The van der Waals surface area contributed by atoms with Crippen molar-refractivity contribution in [3.63, 3.8) is 0 Å². The maximum Gasteiger partial charge on any atom is 0.323 e. The van der Waals surface area contributed by atoms with Gasteiger partial charge in [-0.25, -0.2) is 9.78 Å². The minimum absolute atomic E-state index is 0.309. The zero-order chi connectivity index (χ0) is 22.1. The maximum absolute atomic E-state index is 12.7. The van der Waals surface area contributed by atoms with Crippen LogP contribution in [0.3, 0.4) is 0 Å². The Kier molecular flexibility index (Phi) is 5.45. The number of aromatic amines is 1. The van der Waals surface area contributed by atoms with Crippen LogP contribution in [0, 0.1) is 0 Å². The number of H-pyrrole nitrogens is 1. The normalized spacial score (nSPS) is 12.6. The molecule has 0 saturated heterocycles. The van der Waals surface area contributed by atoms with Gasteiger partial charge in [0.2, 0.25) is 0 Å². The molecule has 162 valence electrons. The maximum atomic E-state index is 12.7. The molecule has 0 saturated carbocycles. The van der Waals surface area contributed by atoms with Gasteiger partial charge in [-0.1, -0.05) is 22.0 Å². The Morgan fingerprint density at radius 3 is 2.94 bits per heavy atom. The van der Waals surface area contributed by atoms with Gasteiger partial charge in [0.05, 0.1) is 12.8 Å². The molecule has 3 heterocycles. The average molecular weight is 492 g/mol. The van der Waals surface area contributed by atoms with E-state index in [9.17, 15) is 4.79 Å². The molecule has 2 aromatic carbocycles. The summed E-state index contributed by atoms with van der Waals surface area (Å²) in [6, 6.07) is 15.2. The summed E-state index contributed by atoms with van der Waals surface area (Å²) in [6.45, 7) is 1.67. The SMILES string of the molecule is COc1ccc(Br)cc1NC(=O)Nc1cccc2c1CCN2Cc1c[nH]c2ncccc12. The van der Waals surface area contributed by atoms with Gasteiger partial charge in [-0.3, -0.25) is 0 Å². The molecule has 1 aliphatic rings. The summed E-state index contributed by atoms with van der Waals surface area (Å²) in [5.41, 5.74) is 5.80. The summed E-state index contributed by atoms with van der Waals surface area (Å²) in [5, 5.41) is 7.02. The third-order valence-electron chi connectivity index (χ3n) is 5.68. The van der Waals surface area contributed by atoms with Crippen molar-refractivity contribution >= 4 is 50.1 Å². The summed E-state index contributed by atoms with van der Waals surface area (Å²) < 4.78 is 6.20. The molecule has 1 aliphatic heterocycles. The molecule has 2 aromatic heterocycles. The van der Waals surface area contributed by atoms with Crippen LogP contribution in [0.25, 0.3) is 11.0 Å². The summed E-state index contributed by atoms with van der Waals surface area (Å²) in [4.78, 5) is 22.7. The lowest BCUT2D eigenvalue weighted by Crippen LogP contribution is -2.20. The Balaban J connectivity index is 1.34. The topological polar surface area (TPSA) is 82.3 Å². The van der Waals surface area contributed by atoms with Gasteiger partial charge in [-0.2, -0.15) is 0 Å². The number of anilines is 3. The smallest absolute Gasteiger partial charge is 0.323 e.